The van der Waals surface area contributed by atoms with Crippen molar-refractivity contribution in [2.24, 2.45) is 0 Å². The molecule has 0 atom stereocenters. The molecule has 0 radical (unpaired) electrons. The normalized spacial score (nSPS) is 8.73. The zero-order valence-corrected chi connectivity index (χ0v) is 6.26. The summed E-state index contributed by atoms with van der Waals surface area (Å²) in [6, 6.07) is 9.07. The highest BCUT2D eigenvalue weighted by Gasteiger charge is 1.95. The molecule has 11 heavy (non-hydrogen) atoms. The van der Waals surface area contributed by atoms with Crippen molar-refractivity contribution >= 4 is 5.71 Å². The Morgan fingerprint density at radius 3 is 2.82 bits per heavy atom. The lowest BCUT2D eigenvalue weighted by molar-refractivity contribution is 1.43. The highest BCUT2D eigenvalue weighted by atomic mass is 14.4. The molecule has 1 N–H and O–H groups in total. The number of nitriles is 1. The third kappa shape index (κ3) is 1.65. The van der Waals surface area contributed by atoms with Gasteiger partial charge in [-0.2, -0.15) is 5.26 Å². The van der Waals surface area contributed by atoms with Crippen molar-refractivity contribution in [2.45, 2.75) is 6.92 Å². The summed E-state index contributed by atoms with van der Waals surface area (Å²) in [4.78, 5) is 0. The van der Waals surface area contributed by atoms with Crippen molar-refractivity contribution in [3.05, 3.63) is 35.4 Å². The van der Waals surface area contributed by atoms with E-state index in [1.807, 2.05) is 12.1 Å². The van der Waals surface area contributed by atoms with Gasteiger partial charge in [-0.25, -0.2) is 0 Å². The largest absolute Gasteiger partial charge is 0.305 e. The van der Waals surface area contributed by atoms with Crippen molar-refractivity contribution in [2.75, 3.05) is 0 Å². The van der Waals surface area contributed by atoms with Gasteiger partial charge in [-0.1, -0.05) is 12.1 Å². The lowest BCUT2D eigenvalue weighted by Gasteiger charge is -1.95. The Hall–Kier alpha value is -1.62. The summed E-state index contributed by atoms with van der Waals surface area (Å²) in [5.41, 5.74) is 1.90. The van der Waals surface area contributed by atoms with Gasteiger partial charge < -0.3 is 5.41 Å². The van der Waals surface area contributed by atoms with Crippen molar-refractivity contribution in [1.29, 1.82) is 10.7 Å². The molecular weight excluding hydrogens is 136 g/mol. The molecule has 2 heteroatoms. The maximum Gasteiger partial charge on any atom is 0.0991 e. The number of benzene rings is 1. The highest BCUT2D eigenvalue weighted by Crippen LogP contribution is 2.03. The zero-order valence-electron chi connectivity index (χ0n) is 6.26. The van der Waals surface area contributed by atoms with Crippen LogP contribution in [0.25, 0.3) is 0 Å². The lowest BCUT2D eigenvalue weighted by Crippen LogP contribution is -1.91. The number of nitrogens with zero attached hydrogens (tertiary/aromatic N) is 1. The van der Waals surface area contributed by atoms with Crippen LogP contribution in [0.5, 0.6) is 0 Å². The van der Waals surface area contributed by atoms with Crippen molar-refractivity contribution < 1.29 is 0 Å². The molecule has 0 saturated carbocycles. The first kappa shape index (κ1) is 7.49. The summed E-state index contributed by atoms with van der Waals surface area (Å²) >= 11 is 0. The maximum absolute atomic E-state index is 8.52. The molecule has 0 aliphatic carbocycles. The molecule has 2 nitrogen and oxygen atoms in total. The predicted molar refractivity (Wildman–Crippen MR) is 43.7 cm³/mol. The third-order valence-electron chi connectivity index (χ3n) is 1.42. The van der Waals surface area contributed by atoms with Crippen LogP contribution in [0.3, 0.4) is 0 Å². The van der Waals surface area contributed by atoms with Crippen LogP contribution >= 0.6 is 0 Å². The van der Waals surface area contributed by atoms with E-state index in [0.29, 0.717) is 11.3 Å². The molecule has 0 aromatic heterocycles. The van der Waals surface area contributed by atoms with Gasteiger partial charge in [0, 0.05) is 5.71 Å². The quantitative estimate of drug-likeness (QED) is 0.601. The van der Waals surface area contributed by atoms with Crippen molar-refractivity contribution in [3.8, 4) is 6.07 Å². The third-order valence-corrected chi connectivity index (χ3v) is 1.42. The fourth-order valence-electron chi connectivity index (χ4n) is 0.822. The lowest BCUT2D eigenvalue weighted by atomic mass is 10.1. The van der Waals surface area contributed by atoms with E-state index in [4.69, 9.17) is 10.7 Å². The monoisotopic (exact) mass is 144 g/mol. The Morgan fingerprint density at radius 1 is 1.55 bits per heavy atom. The van der Waals surface area contributed by atoms with Gasteiger partial charge in [-0.3, -0.25) is 0 Å². The maximum atomic E-state index is 8.52. The summed E-state index contributed by atoms with van der Waals surface area (Å²) in [6.07, 6.45) is 0. The van der Waals surface area contributed by atoms with E-state index in [0.717, 1.165) is 5.56 Å². The highest BCUT2D eigenvalue weighted by molar-refractivity contribution is 5.96. The summed E-state index contributed by atoms with van der Waals surface area (Å²) < 4.78 is 0. The van der Waals surface area contributed by atoms with E-state index in [-0.39, 0.29) is 0 Å². The van der Waals surface area contributed by atoms with Crippen LogP contribution in [-0.4, -0.2) is 5.71 Å². The Kier molecular flexibility index (Phi) is 2.03. The van der Waals surface area contributed by atoms with Gasteiger partial charge in [0.1, 0.15) is 0 Å². The Balaban J connectivity index is 3.13. The topological polar surface area (TPSA) is 47.6 Å². The second-order valence-corrected chi connectivity index (χ2v) is 2.32. The molecule has 0 bridgehead atoms. The Bertz CT molecular complexity index is 321. The fraction of sp³-hybridized carbons (Fsp3) is 0.111. The molecule has 0 amide bonds. The van der Waals surface area contributed by atoms with Gasteiger partial charge in [0.05, 0.1) is 11.6 Å². The predicted octanol–water partition coefficient (Wildman–Crippen LogP) is 1.95. The molecule has 0 spiro atoms. The molecule has 1 aromatic rings. The zero-order chi connectivity index (χ0) is 8.27. The molecule has 0 heterocycles. The van der Waals surface area contributed by atoms with E-state index >= 15 is 0 Å². The number of hydrogen-bond donors (Lipinski definition) is 1. The van der Waals surface area contributed by atoms with Crippen LogP contribution in [0.4, 0.5) is 0 Å². The van der Waals surface area contributed by atoms with Crippen molar-refractivity contribution in [1.82, 2.24) is 0 Å². The molecular formula is C9H8N2. The van der Waals surface area contributed by atoms with E-state index in [1.165, 1.54) is 0 Å². The van der Waals surface area contributed by atoms with Gasteiger partial charge in [0.25, 0.3) is 0 Å². The first-order valence-electron chi connectivity index (χ1n) is 3.29. The summed E-state index contributed by atoms with van der Waals surface area (Å²) in [6.45, 7) is 1.70. The van der Waals surface area contributed by atoms with Gasteiger partial charge >= 0.3 is 0 Å². The second kappa shape index (κ2) is 2.98. The SMILES string of the molecule is CC(=N)c1cccc(C#N)c1. The second-order valence-electron chi connectivity index (χ2n) is 2.32. The summed E-state index contributed by atoms with van der Waals surface area (Å²) in [5, 5.41) is 15.8. The van der Waals surface area contributed by atoms with E-state index in [1.54, 1.807) is 25.1 Å². The molecule has 1 rings (SSSR count). The van der Waals surface area contributed by atoms with E-state index in [9.17, 15) is 0 Å². The van der Waals surface area contributed by atoms with Gasteiger partial charge in [-0.05, 0) is 24.6 Å². The minimum Gasteiger partial charge on any atom is -0.305 e. The number of nitrogens with one attached hydrogen (secondary N) is 1. The van der Waals surface area contributed by atoms with E-state index < -0.39 is 0 Å². The minimum atomic E-state index is 0.488. The first-order chi connectivity index (χ1) is 5.24. The van der Waals surface area contributed by atoms with Crippen LogP contribution in [0.15, 0.2) is 24.3 Å². The van der Waals surface area contributed by atoms with Gasteiger partial charge in [0.15, 0.2) is 0 Å². The van der Waals surface area contributed by atoms with Crippen molar-refractivity contribution in [3.63, 3.8) is 0 Å². The number of rotatable bonds is 1. The van der Waals surface area contributed by atoms with E-state index in [2.05, 4.69) is 0 Å². The average molecular weight is 144 g/mol. The van der Waals surface area contributed by atoms with Gasteiger partial charge in [0.2, 0.25) is 0 Å². The Morgan fingerprint density at radius 2 is 2.27 bits per heavy atom. The van der Waals surface area contributed by atoms with Crippen LogP contribution in [0, 0.1) is 16.7 Å². The van der Waals surface area contributed by atoms with Crippen LogP contribution in [-0.2, 0) is 0 Å². The standard InChI is InChI=1S/C9H8N2/c1-7(11)9-4-2-3-8(5-9)6-10/h2-5,11H,1H3. The molecule has 0 saturated heterocycles. The average Bonchev–Trinajstić information content (AvgIpc) is 2.05. The van der Waals surface area contributed by atoms with Crippen LogP contribution in [0.1, 0.15) is 18.1 Å². The first-order valence-corrected chi connectivity index (χ1v) is 3.29. The molecule has 0 unspecified atom stereocenters. The molecule has 1 aromatic carbocycles. The van der Waals surface area contributed by atoms with Crippen LogP contribution < -0.4 is 0 Å². The number of hydrogen-bond acceptors (Lipinski definition) is 2. The molecule has 0 aliphatic rings. The fourth-order valence-corrected chi connectivity index (χ4v) is 0.822. The van der Waals surface area contributed by atoms with Gasteiger partial charge in [-0.15, -0.1) is 0 Å². The molecule has 0 fully saturated rings. The molecule has 0 aliphatic heterocycles. The molecule has 54 valence electrons. The van der Waals surface area contributed by atoms with Crippen LogP contribution in [0.2, 0.25) is 0 Å². The summed E-state index contributed by atoms with van der Waals surface area (Å²) in [7, 11) is 0. The smallest absolute Gasteiger partial charge is 0.0991 e. The summed E-state index contributed by atoms with van der Waals surface area (Å²) in [5.74, 6) is 0. The Labute approximate surface area is 65.6 Å². The minimum absolute atomic E-state index is 0.488.